The van der Waals surface area contributed by atoms with E-state index in [1.165, 1.54) is 12.1 Å². The summed E-state index contributed by atoms with van der Waals surface area (Å²) in [6.07, 6.45) is 0. The summed E-state index contributed by atoms with van der Waals surface area (Å²) in [6, 6.07) is 5.74. The highest BCUT2D eigenvalue weighted by Gasteiger charge is 2.18. The van der Waals surface area contributed by atoms with Gasteiger partial charge in [0.15, 0.2) is 0 Å². The van der Waals surface area contributed by atoms with Crippen LogP contribution in [0.3, 0.4) is 0 Å². The number of nitrogens with two attached hydrogens (primary N) is 1. The van der Waals surface area contributed by atoms with Gasteiger partial charge in [0.05, 0.1) is 6.04 Å². The molecule has 0 saturated heterocycles. The van der Waals surface area contributed by atoms with E-state index in [0.717, 1.165) is 0 Å². The molecule has 1 heterocycles. The van der Waals surface area contributed by atoms with Crippen LogP contribution < -0.4 is 5.73 Å². The smallest absolute Gasteiger partial charge is 0.244 e. The molecule has 1 unspecified atom stereocenters. The second-order valence-corrected chi connectivity index (χ2v) is 4.24. The Kier molecular flexibility index (Phi) is 3.19. The van der Waals surface area contributed by atoms with Crippen molar-refractivity contribution in [3.05, 3.63) is 36.0 Å². The summed E-state index contributed by atoms with van der Waals surface area (Å²) in [4.78, 5) is 4.17. The zero-order valence-corrected chi connectivity index (χ0v) is 9.72. The monoisotopic (exact) mass is 235 g/mol. The number of hydrogen-bond donors (Lipinski definition) is 1. The predicted molar refractivity (Wildman–Crippen MR) is 61.5 cm³/mol. The number of aromatic nitrogens is 2. The maximum absolute atomic E-state index is 13.0. The fraction of sp³-hybridized carbons (Fsp3) is 0.333. The molecule has 0 saturated carbocycles. The van der Waals surface area contributed by atoms with Crippen molar-refractivity contribution in [2.75, 3.05) is 0 Å². The zero-order valence-electron chi connectivity index (χ0n) is 9.72. The topological polar surface area (TPSA) is 64.9 Å². The lowest BCUT2D eigenvalue weighted by Crippen LogP contribution is -2.16. The van der Waals surface area contributed by atoms with Crippen LogP contribution in [0.1, 0.15) is 25.8 Å². The van der Waals surface area contributed by atoms with Gasteiger partial charge in [-0.2, -0.15) is 4.98 Å². The average Bonchev–Trinajstić information content (AvgIpc) is 2.77. The second kappa shape index (κ2) is 4.63. The molecule has 0 fully saturated rings. The summed E-state index contributed by atoms with van der Waals surface area (Å²) in [5.41, 5.74) is 6.47. The molecule has 0 amide bonds. The van der Waals surface area contributed by atoms with Crippen LogP contribution in [0.5, 0.6) is 0 Å². The minimum absolute atomic E-state index is 0.204. The van der Waals surface area contributed by atoms with Crippen LogP contribution in [0.4, 0.5) is 4.39 Å². The fourth-order valence-electron chi connectivity index (χ4n) is 1.40. The van der Waals surface area contributed by atoms with Gasteiger partial charge in [-0.25, -0.2) is 4.39 Å². The molecule has 2 rings (SSSR count). The van der Waals surface area contributed by atoms with E-state index in [-0.39, 0.29) is 17.8 Å². The molecule has 0 bridgehead atoms. The molecule has 5 heteroatoms. The Morgan fingerprint density at radius 2 is 2.12 bits per heavy atom. The van der Waals surface area contributed by atoms with Crippen molar-refractivity contribution in [2.24, 2.45) is 11.7 Å². The molecule has 0 aliphatic heterocycles. The van der Waals surface area contributed by atoms with Crippen LogP contribution in [-0.2, 0) is 0 Å². The molecular weight excluding hydrogens is 221 g/mol. The minimum atomic E-state index is -0.331. The Morgan fingerprint density at radius 3 is 2.76 bits per heavy atom. The zero-order chi connectivity index (χ0) is 12.4. The first-order valence-corrected chi connectivity index (χ1v) is 5.43. The molecular formula is C12H14FN3O. The lowest BCUT2D eigenvalue weighted by atomic mass is 10.1. The first kappa shape index (κ1) is 11.7. The van der Waals surface area contributed by atoms with Gasteiger partial charge in [0, 0.05) is 5.56 Å². The van der Waals surface area contributed by atoms with Crippen LogP contribution in [0, 0.1) is 11.7 Å². The van der Waals surface area contributed by atoms with E-state index in [4.69, 9.17) is 10.3 Å². The van der Waals surface area contributed by atoms with Crippen molar-refractivity contribution in [1.82, 2.24) is 10.1 Å². The van der Waals surface area contributed by atoms with Gasteiger partial charge in [-0.05, 0) is 18.1 Å². The molecule has 1 aromatic heterocycles. The standard InChI is InChI=1S/C12H14FN3O/c1-7(2)10(14)12-15-11(16-17-12)8-4-3-5-9(13)6-8/h3-7,10H,14H2,1-2H3. The third-order valence-electron chi connectivity index (χ3n) is 2.53. The Balaban J connectivity index is 2.30. The van der Waals surface area contributed by atoms with E-state index in [9.17, 15) is 4.39 Å². The van der Waals surface area contributed by atoms with E-state index in [2.05, 4.69) is 10.1 Å². The Morgan fingerprint density at radius 1 is 1.35 bits per heavy atom. The van der Waals surface area contributed by atoms with Crippen molar-refractivity contribution in [3.8, 4) is 11.4 Å². The van der Waals surface area contributed by atoms with Crippen LogP contribution in [-0.4, -0.2) is 10.1 Å². The van der Waals surface area contributed by atoms with Gasteiger partial charge in [-0.15, -0.1) is 0 Å². The van der Waals surface area contributed by atoms with Crippen molar-refractivity contribution in [3.63, 3.8) is 0 Å². The summed E-state index contributed by atoms with van der Waals surface area (Å²) in [7, 11) is 0. The van der Waals surface area contributed by atoms with Crippen LogP contribution in [0.15, 0.2) is 28.8 Å². The summed E-state index contributed by atoms with van der Waals surface area (Å²) < 4.78 is 18.1. The highest BCUT2D eigenvalue weighted by Crippen LogP contribution is 2.21. The summed E-state index contributed by atoms with van der Waals surface area (Å²) >= 11 is 0. The maximum atomic E-state index is 13.0. The van der Waals surface area contributed by atoms with Gasteiger partial charge in [0.2, 0.25) is 11.7 Å². The Hall–Kier alpha value is -1.75. The first-order chi connectivity index (χ1) is 8.08. The van der Waals surface area contributed by atoms with Gasteiger partial charge >= 0.3 is 0 Å². The van der Waals surface area contributed by atoms with Crippen LogP contribution in [0.2, 0.25) is 0 Å². The maximum Gasteiger partial charge on any atom is 0.244 e. The quantitative estimate of drug-likeness (QED) is 0.887. The molecule has 2 N–H and O–H groups in total. The van der Waals surface area contributed by atoms with Crippen molar-refractivity contribution in [1.29, 1.82) is 0 Å². The van der Waals surface area contributed by atoms with E-state index < -0.39 is 0 Å². The Bertz CT molecular complexity index is 510. The van der Waals surface area contributed by atoms with E-state index in [0.29, 0.717) is 17.3 Å². The number of benzene rings is 1. The molecule has 0 spiro atoms. The lowest BCUT2D eigenvalue weighted by Gasteiger charge is -2.09. The van der Waals surface area contributed by atoms with E-state index >= 15 is 0 Å². The summed E-state index contributed by atoms with van der Waals surface area (Å²) in [6.45, 7) is 3.94. The van der Waals surface area contributed by atoms with E-state index in [1.807, 2.05) is 13.8 Å². The first-order valence-electron chi connectivity index (χ1n) is 5.43. The van der Waals surface area contributed by atoms with Crippen LogP contribution in [0.25, 0.3) is 11.4 Å². The summed E-state index contributed by atoms with van der Waals surface area (Å²) in [5.74, 6) is 0.604. The third kappa shape index (κ3) is 2.50. The summed E-state index contributed by atoms with van der Waals surface area (Å²) in [5, 5.41) is 3.80. The third-order valence-corrected chi connectivity index (χ3v) is 2.53. The number of rotatable bonds is 3. The molecule has 0 aliphatic carbocycles. The molecule has 1 aromatic carbocycles. The number of nitrogens with zero attached hydrogens (tertiary/aromatic N) is 2. The number of hydrogen-bond acceptors (Lipinski definition) is 4. The molecule has 17 heavy (non-hydrogen) atoms. The van der Waals surface area contributed by atoms with Gasteiger partial charge in [0.25, 0.3) is 0 Å². The van der Waals surface area contributed by atoms with Crippen molar-refractivity contribution >= 4 is 0 Å². The Labute approximate surface area is 98.6 Å². The average molecular weight is 235 g/mol. The fourth-order valence-corrected chi connectivity index (χ4v) is 1.40. The van der Waals surface area contributed by atoms with Gasteiger partial charge in [-0.3, -0.25) is 0 Å². The van der Waals surface area contributed by atoms with Gasteiger partial charge < -0.3 is 10.3 Å². The minimum Gasteiger partial charge on any atom is -0.337 e. The van der Waals surface area contributed by atoms with Crippen molar-refractivity contribution < 1.29 is 8.91 Å². The second-order valence-electron chi connectivity index (χ2n) is 4.24. The SMILES string of the molecule is CC(C)C(N)c1nc(-c2cccc(F)c2)no1. The highest BCUT2D eigenvalue weighted by molar-refractivity contribution is 5.53. The number of halogens is 1. The molecule has 4 nitrogen and oxygen atoms in total. The normalized spacial score (nSPS) is 13.0. The molecule has 1 atom stereocenters. The highest BCUT2D eigenvalue weighted by atomic mass is 19.1. The van der Waals surface area contributed by atoms with Crippen molar-refractivity contribution in [2.45, 2.75) is 19.9 Å². The predicted octanol–water partition coefficient (Wildman–Crippen LogP) is 2.53. The largest absolute Gasteiger partial charge is 0.337 e. The van der Waals surface area contributed by atoms with Gasteiger partial charge in [0.1, 0.15) is 5.82 Å². The lowest BCUT2D eigenvalue weighted by molar-refractivity contribution is 0.325. The molecule has 0 aliphatic rings. The molecule has 0 radical (unpaired) electrons. The van der Waals surface area contributed by atoms with Crippen LogP contribution >= 0.6 is 0 Å². The molecule has 90 valence electrons. The van der Waals surface area contributed by atoms with E-state index in [1.54, 1.807) is 12.1 Å². The molecule has 2 aromatic rings. The van der Waals surface area contributed by atoms with Gasteiger partial charge in [-0.1, -0.05) is 31.1 Å².